The molecule has 0 saturated heterocycles. The van der Waals surface area contributed by atoms with Gasteiger partial charge in [-0.3, -0.25) is 4.98 Å². The molecule has 0 bridgehead atoms. The minimum atomic E-state index is -0.435. The van der Waals surface area contributed by atoms with Crippen LogP contribution >= 0.6 is 0 Å². The summed E-state index contributed by atoms with van der Waals surface area (Å²) < 4.78 is 19.2. The molecule has 0 saturated carbocycles. The van der Waals surface area contributed by atoms with Crippen LogP contribution in [0.3, 0.4) is 0 Å². The molecular formula is C17H16FNO2. The maximum absolute atomic E-state index is 13.7. The second-order valence-electron chi connectivity index (χ2n) is 4.48. The summed E-state index contributed by atoms with van der Waals surface area (Å²) in [5.41, 5.74) is 2.28. The Hall–Kier alpha value is -2.38. The lowest BCUT2D eigenvalue weighted by atomic mass is 10.2. The van der Waals surface area contributed by atoms with Gasteiger partial charge in [-0.05, 0) is 37.3 Å². The van der Waals surface area contributed by atoms with Crippen molar-refractivity contribution in [2.45, 2.75) is 20.0 Å². The molecule has 4 heteroatoms. The molecule has 1 aromatic carbocycles. The molecule has 21 heavy (non-hydrogen) atoms. The van der Waals surface area contributed by atoms with Crippen LogP contribution in [0.4, 0.5) is 4.39 Å². The molecular weight excluding hydrogens is 269 g/mol. The van der Waals surface area contributed by atoms with Gasteiger partial charge in [0.2, 0.25) is 0 Å². The standard InChI is InChI=1S/C17H16FNO2/c1-13-5-4-7-15(19-13)12-21-17-11-14(6-2-3-10-20)8-9-16(17)18/h4-5,7-9,11,20H,3,10,12H2,1H3. The lowest BCUT2D eigenvalue weighted by Gasteiger charge is -2.07. The highest BCUT2D eigenvalue weighted by Gasteiger charge is 2.05. The number of nitrogens with zero attached hydrogens (tertiary/aromatic N) is 1. The van der Waals surface area contributed by atoms with Gasteiger partial charge >= 0.3 is 0 Å². The fourth-order valence-electron chi connectivity index (χ4n) is 1.74. The minimum Gasteiger partial charge on any atom is -0.484 e. The van der Waals surface area contributed by atoms with Gasteiger partial charge in [0.1, 0.15) is 6.61 Å². The average molecular weight is 285 g/mol. The zero-order valence-electron chi connectivity index (χ0n) is 11.8. The fraction of sp³-hybridized carbons (Fsp3) is 0.235. The molecule has 0 unspecified atom stereocenters. The van der Waals surface area contributed by atoms with Crippen molar-refractivity contribution in [3.63, 3.8) is 0 Å². The highest BCUT2D eigenvalue weighted by molar-refractivity contribution is 5.40. The quantitative estimate of drug-likeness (QED) is 0.878. The monoisotopic (exact) mass is 285 g/mol. The van der Waals surface area contributed by atoms with E-state index in [1.165, 1.54) is 6.07 Å². The number of aromatic nitrogens is 1. The van der Waals surface area contributed by atoms with Gasteiger partial charge in [0.05, 0.1) is 12.3 Å². The Kier molecular flexibility index (Phi) is 5.30. The third-order valence-electron chi connectivity index (χ3n) is 2.72. The van der Waals surface area contributed by atoms with Crippen LogP contribution in [0.1, 0.15) is 23.4 Å². The van der Waals surface area contributed by atoms with Crippen LogP contribution in [0.2, 0.25) is 0 Å². The van der Waals surface area contributed by atoms with Gasteiger partial charge in [0.15, 0.2) is 11.6 Å². The summed E-state index contributed by atoms with van der Waals surface area (Å²) in [7, 11) is 0. The van der Waals surface area contributed by atoms with Crippen molar-refractivity contribution in [1.29, 1.82) is 0 Å². The first-order valence-electron chi connectivity index (χ1n) is 6.63. The van der Waals surface area contributed by atoms with E-state index in [1.807, 2.05) is 25.1 Å². The summed E-state index contributed by atoms with van der Waals surface area (Å²) in [6.07, 6.45) is 0.390. The Morgan fingerprint density at radius 3 is 2.90 bits per heavy atom. The maximum Gasteiger partial charge on any atom is 0.165 e. The number of ether oxygens (including phenoxy) is 1. The predicted octanol–water partition coefficient (Wildman–Crippen LogP) is 2.84. The van der Waals surface area contributed by atoms with Crippen LogP contribution in [0.15, 0.2) is 36.4 Å². The van der Waals surface area contributed by atoms with Gasteiger partial charge in [0.25, 0.3) is 0 Å². The van der Waals surface area contributed by atoms with Crippen LogP contribution in [0.25, 0.3) is 0 Å². The number of hydrogen-bond acceptors (Lipinski definition) is 3. The Bertz CT molecular complexity index is 674. The van der Waals surface area contributed by atoms with Crippen molar-refractivity contribution in [2.24, 2.45) is 0 Å². The molecule has 2 rings (SSSR count). The first-order chi connectivity index (χ1) is 10.2. The summed E-state index contributed by atoms with van der Waals surface area (Å²) in [6.45, 7) is 2.10. The van der Waals surface area contributed by atoms with E-state index in [4.69, 9.17) is 9.84 Å². The van der Waals surface area contributed by atoms with Crippen molar-refractivity contribution >= 4 is 0 Å². The summed E-state index contributed by atoms with van der Waals surface area (Å²) in [5, 5.41) is 8.68. The second kappa shape index (κ2) is 7.41. The average Bonchev–Trinajstić information content (AvgIpc) is 2.48. The summed E-state index contributed by atoms with van der Waals surface area (Å²) in [4.78, 5) is 4.30. The number of hydrogen-bond donors (Lipinski definition) is 1. The summed E-state index contributed by atoms with van der Waals surface area (Å²) in [5.74, 6) is 5.35. The number of pyridine rings is 1. The van der Waals surface area contributed by atoms with E-state index < -0.39 is 5.82 Å². The fourth-order valence-corrected chi connectivity index (χ4v) is 1.74. The molecule has 0 aliphatic rings. The highest BCUT2D eigenvalue weighted by atomic mass is 19.1. The molecule has 0 radical (unpaired) electrons. The molecule has 0 aliphatic carbocycles. The Balaban J connectivity index is 2.09. The van der Waals surface area contributed by atoms with Gasteiger partial charge in [-0.15, -0.1) is 0 Å². The SMILES string of the molecule is Cc1cccc(COc2cc(C#CCCO)ccc2F)n1. The molecule has 0 fully saturated rings. The molecule has 3 nitrogen and oxygen atoms in total. The molecule has 0 amide bonds. The van der Waals surface area contributed by atoms with Gasteiger partial charge in [-0.25, -0.2) is 4.39 Å². The number of aliphatic hydroxyl groups excluding tert-OH is 1. The van der Waals surface area contributed by atoms with E-state index in [2.05, 4.69) is 16.8 Å². The Morgan fingerprint density at radius 1 is 1.29 bits per heavy atom. The smallest absolute Gasteiger partial charge is 0.165 e. The van der Waals surface area contributed by atoms with Crippen molar-refractivity contribution in [3.05, 3.63) is 59.2 Å². The first-order valence-corrected chi connectivity index (χ1v) is 6.63. The van der Waals surface area contributed by atoms with E-state index in [9.17, 15) is 4.39 Å². The van der Waals surface area contributed by atoms with E-state index >= 15 is 0 Å². The zero-order valence-corrected chi connectivity index (χ0v) is 11.8. The summed E-state index contributed by atoms with van der Waals surface area (Å²) >= 11 is 0. The van der Waals surface area contributed by atoms with Crippen LogP contribution < -0.4 is 4.74 Å². The van der Waals surface area contributed by atoms with Crippen molar-refractivity contribution in [3.8, 4) is 17.6 Å². The van der Waals surface area contributed by atoms with Crippen LogP contribution in [0.5, 0.6) is 5.75 Å². The van der Waals surface area contributed by atoms with E-state index in [-0.39, 0.29) is 19.0 Å². The number of aliphatic hydroxyl groups is 1. The molecule has 0 atom stereocenters. The zero-order chi connectivity index (χ0) is 15.1. The molecule has 1 N–H and O–H groups in total. The van der Waals surface area contributed by atoms with Crippen LogP contribution in [0, 0.1) is 24.6 Å². The maximum atomic E-state index is 13.7. The van der Waals surface area contributed by atoms with Gasteiger partial charge < -0.3 is 9.84 Å². The van der Waals surface area contributed by atoms with Crippen molar-refractivity contribution in [2.75, 3.05) is 6.61 Å². The Morgan fingerprint density at radius 2 is 2.14 bits per heavy atom. The lowest BCUT2D eigenvalue weighted by molar-refractivity contribution is 0.285. The predicted molar refractivity (Wildman–Crippen MR) is 78.3 cm³/mol. The number of rotatable bonds is 4. The topological polar surface area (TPSA) is 42.4 Å². The van der Waals surface area contributed by atoms with Crippen molar-refractivity contribution < 1.29 is 14.2 Å². The van der Waals surface area contributed by atoms with Crippen LogP contribution in [-0.2, 0) is 6.61 Å². The lowest BCUT2D eigenvalue weighted by Crippen LogP contribution is -2.00. The molecule has 1 aromatic heterocycles. The van der Waals surface area contributed by atoms with Crippen LogP contribution in [-0.4, -0.2) is 16.7 Å². The minimum absolute atomic E-state index is 0.0105. The number of halogens is 1. The molecule has 1 heterocycles. The molecule has 108 valence electrons. The third kappa shape index (κ3) is 4.59. The number of aryl methyl sites for hydroxylation is 1. The molecule has 0 aliphatic heterocycles. The van der Waals surface area contributed by atoms with E-state index in [0.717, 1.165) is 11.4 Å². The Labute approximate surface area is 123 Å². The van der Waals surface area contributed by atoms with Crippen molar-refractivity contribution in [1.82, 2.24) is 4.98 Å². The largest absolute Gasteiger partial charge is 0.484 e. The highest BCUT2D eigenvalue weighted by Crippen LogP contribution is 2.19. The van der Waals surface area contributed by atoms with Gasteiger partial charge in [-0.2, -0.15) is 0 Å². The first kappa shape index (κ1) is 15.0. The van der Waals surface area contributed by atoms with E-state index in [0.29, 0.717) is 12.0 Å². The van der Waals surface area contributed by atoms with E-state index in [1.54, 1.807) is 12.1 Å². The second-order valence-corrected chi connectivity index (χ2v) is 4.48. The number of benzene rings is 1. The molecule has 2 aromatic rings. The molecule has 0 spiro atoms. The van der Waals surface area contributed by atoms with Gasteiger partial charge in [-0.1, -0.05) is 17.9 Å². The normalized spacial score (nSPS) is 9.86. The summed E-state index contributed by atoms with van der Waals surface area (Å²) in [6, 6.07) is 10.1. The van der Waals surface area contributed by atoms with Gasteiger partial charge in [0, 0.05) is 17.7 Å². The third-order valence-corrected chi connectivity index (χ3v) is 2.72.